The van der Waals surface area contributed by atoms with Gasteiger partial charge in [0.2, 0.25) is 11.8 Å². The van der Waals surface area contributed by atoms with Gasteiger partial charge in [-0.1, -0.05) is 66.0 Å². The van der Waals surface area contributed by atoms with Crippen LogP contribution in [0.2, 0.25) is 0 Å². The van der Waals surface area contributed by atoms with Gasteiger partial charge in [0.05, 0.1) is 12.5 Å². The number of rotatable bonds is 13. The second-order valence-corrected chi connectivity index (χ2v) is 18.9. The highest BCUT2D eigenvalue weighted by molar-refractivity contribution is 5.84. The molecule has 0 aliphatic heterocycles. The predicted octanol–water partition coefficient (Wildman–Crippen LogP) is 8.32. The van der Waals surface area contributed by atoms with Crippen molar-refractivity contribution in [2.24, 2.45) is 56.7 Å². The number of nitrogens with one attached hydrogen (secondary N) is 2. The fraction of sp³-hybridized carbons (Fsp3) is 0.860. The van der Waals surface area contributed by atoms with E-state index < -0.39 is 5.97 Å². The lowest BCUT2D eigenvalue weighted by atomic mass is 9.32. The first-order valence-electron chi connectivity index (χ1n) is 20.4. The van der Waals surface area contributed by atoms with Gasteiger partial charge in [-0.05, 0) is 130 Å². The molecular formula is C43H70N2O6. The van der Waals surface area contributed by atoms with E-state index in [2.05, 4.69) is 63.5 Å². The molecular weight excluding hydrogens is 640 g/mol. The zero-order valence-corrected chi connectivity index (χ0v) is 33.3. The molecule has 0 aromatic carbocycles. The number of hydrogen-bond donors (Lipinski definition) is 2. The number of esters is 2. The molecule has 0 radical (unpaired) electrons. The van der Waals surface area contributed by atoms with E-state index in [-0.39, 0.29) is 57.5 Å². The topological polar surface area (TPSA) is 111 Å². The van der Waals surface area contributed by atoms with Crippen LogP contribution in [0, 0.1) is 56.7 Å². The van der Waals surface area contributed by atoms with Crippen LogP contribution in [0.3, 0.4) is 0 Å². The second-order valence-electron chi connectivity index (χ2n) is 18.9. The van der Waals surface area contributed by atoms with Crippen LogP contribution in [0.4, 0.5) is 0 Å². The van der Waals surface area contributed by atoms with Gasteiger partial charge < -0.3 is 20.1 Å². The molecule has 8 nitrogen and oxygen atoms in total. The van der Waals surface area contributed by atoms with Gasteiger partial charge in [-0.25, -0.2) is 0 Å². The smallest absolute Gasteiger partial charge is 0.325 e. The van der Waals surface area contributed by atoms with Crippen molar-refractivity contribution in [2.75, 3.05) is 20.2 Å². The zero-order chi connectivity index (χ0) is 37.4. The lowest BCUT2D eigenvalue weighted by Gasteiger charge is -2.72. The molecule has 0 aromatic heterocycles. The van der Waals surface area contributed by atoms with Gasteiger partial charge in [-0.3, -0.25) is 19.2 Å². The minimum Gasteiger partial charge on any atom is -0.468 e. The Morgan fingerprint density at radius 3 is 2.14 bits per heavy atom. The highest BCUT2D eigenvalue weighted by atomic mass is 16.5. The number of unbranched alkanes of at least 4 members (excludes halogenated alkanes) is 4. The highest BCUT2D eigenvalue weighted by Crippen LogP contribution is 2.77. The van der Waals surface area contributed by atoms with Crippen molar-refractivity contribution in [2.45, 2.75) is 157 Å². The maximum absolute atomic E-state index is 14.4. The lowest BCUT2D eigenvalue weighted by molar-refractivity contribution is -0.248. The molecule has 0 spiro atoms. The standard InChI is InChI=1S/C43H70N2O6/c1-28(2)30-18-23-43(38(49)44-26-14-12-10-11-13-15-35(47)45-27-36(48)50-9)25-24-41(7)31(37(30)43)16-17-33-40(6)21-20-34(51-29(3)46)39(4,5)32(40)19-22-42(33,41)8/h30-34,37H,1,10-27H2,2-9H3,(H,44,49)(H,45,47)/t30-,31+,32-,33+,34-,37+,40-,41+,42+,43-/m0/s1. The molecule has 10 atom stereocenters. The number of carbonyl (C=O) groups excluding carboxylic acids is 4. The van der Waals surface area contributed by atoms with Gasteiger partial charge in [0.25, 0.3) is 0 Å². The van der Waals surface area contributed by atoms with E-state index >= 15 is 0 Å². The van der Waals surface area contributed by atoms with E-state index in [9.17, 15) is 19.2 Å². The van der Waals surface area contributed by atoms with Crippen LogP contribution in [-0.2, 0) is 28.7 Å². The maximum Gasteiger partial charge on any atom is 0.325 e. The first kappa shape index (κ1) is 39.8. The summed E-state index contributed by atoms with van der Waals surface area (Å²) < 4.78 is 10.5. The Morgan fingerprint density at radius 1 is 0.745 bits per heavy atom. The summed E-state index contributed by atoms with van der Waals surface area (Å²) in [5.74, 6) is 1.99. The van der Waals surface area contributed by atoms with Crippen molar-refractivity contribution in [3.63, 3.8) is 0 Å². The first-order valence-corrected chi connectivity index (χ1v) is 20.4. The molecule has 5 rings (SSSR count). The van der Waals surface area contributed by atoms with Crippen molar-refractivity contribution in [3.05, 3.63) is 12.2 Å². The summed E-state index contributed by atoms with van der Waals surface area (Å²) in [6.07, 6.45) is 16.1. The summed E-state index contributed by atoms with van der Waals surface area (Å²) in [7, 11) is 1.31. The van der Waals surface area contributed by atoms with Gasteiger partial charge >= 0.3 is 11.9 Å². The Labute approximate surface area is 308 Å². The monoisotopic (exact) mass is 711 g/mol. The van der Waals surface area contributed by atoms with Crippen molar-refractivity contribution >= 4 is 23.8 Å². The average molecular weight is 711 g/mol. The van der Waals surface area contributed by atoms with Crippen molar-refractivity contribution < 1.29 is 28.7 Å². The fourth-order valence-electron chi connectivity index (χ4n) is 13.6. The first-order chi connectivity index (χ1) is 24.0. The van der Waals surface area contributed by atoms with E-state index in [1.54, 1.807) is 6.92 Å². The quantitative estimate of drug-likeness (QED) is 0.113. The zero-order valence-electron chi connectivity index (χ0n) is 33.3. The van der Waals surface area contributed by atoms with Gasteiger partial charge in [-0.2, -0.15) is 0 Å². The van der Waals surface area contributed by atoms with Crippen LogP contribution in [0.1, 0.15) is 151 Å². The second kappa shape index (κ2) is 15.2. The SMILES string of the molecule is C=C(C)[C@@H]1CC[C@]2(C(=O)NCCCCCCCC(=O)NCC(=O)OC)CC[C@]3(C)[C@H](CC[C@@H]4[C@@]5(C)CC[C@H](OC(C)=O)C(C)(C)[C@@H]5CC[C@]43C)[C@@H]12. The molecule has 5 saturated carbocycles. The number of methoxy groups -OCH3 is 1. The summed E-state index contributed by atoms with van der Waals surface area (Å²) in [5, 5.41) is 6.04. The van der Waals surface area contributed by atoms with Gasteiger partial charge in [0.1, 0.15) is 12.6 Å². The molecule has 0 heterocycles. The van der Waals surface area contributed by atoms with E-state index in [0.29, 0.717) is 42.6 Å². The number of allylic oxidation sites excluding steroid dienone is 1. The lowest BCUT2D eigenvalue weighted by Crippen LogP contribution is -2.67. The fourth-order valence-corrected chi connectivity index (χ4v) is 13.6. The average Bonchev–Trinajstić information content (AvgIpc) is 3.47. The summed E-state index contributed by atoms with van der Waals surface area (Å²) in [5.41, 5.74) is 1.50. The van der Waals surface area contributed by atoms with Gasteiger partial charge in [-0.15, -0.1) is 0 Å². The highest BCUT2D eigenvalue weighted by Gasteiger charge is 2.72. The third kappa shape index (κ3) is 7.04. The number of carbonyl (C=O) groups is 4. The van der Waals surface area contributed by atoms with E-state index in [4.69, 9.17) is 4.74 Å². The third-order valence-corrected chi connectivity index (χ3v) is 16.3. The van der Waals surface area contributed by atoms with E-state index in [1.807, 2.05) is 0 Å². The summed E-state index contributed by atoms with van der Waals surface area (Å²) in [6, 6.07) is 0. The molecule has 5 aliphatic rings. The molecule has 0 aromatic rings. The minimum atomic E-state index is -0.439. The van der Waals surface area contributed by atoms with Crippen molar-refractivity contribution in [3.8, 4) is 0 Å². The molecule has 2 amide bonds. The summed E-state index contributed by atoms with van der Waals surface area (Å²) >= 11 is 0. The molecule has 2 N–H and O–H groups in total. The molecule has 0 unspecified atom stereocenters. The number of ether oxygens (including phenoxy) is 2. The Hall–Kier alpha value is -2.38. The van der Waals surface area contributed by atoms with Crippen molar-refractivity contribution in [1.82, 2.24) is 10.6 Å². The molecule has 8 heteroatoms. The van der Waals surface area contributed by atoms with E-state index in [0.717, 1.165) is 70.6 Å². The minimum absolute atomic E-state index is 0.00778. The Bertz CT molecular complexity index is 1340. The van der Waals surface area contributed by atoms with Crippen LogP contribution < -0.4 is 10.6 Å². The third-order valence-electron chi connectivity index (χ3n) is 16.3. The van der Waals surface area contributed by atoms with Gasteiger partial charge in [0.15, 0.2) is 0 Å². The van der Waals surface area contributed by atoms with E-state index in [1.165, 1.54) is 38.4 Å². The predicted molar refractivity (Wildman–Crippen MR) is 200 cm³/mol. The Morgan fingerprint density at radius 2 is 1.45 bits per heavy atom. The number of hydrogen-bond acceptors (Lipinski definition) is 6. The van der Waals surface area contributed by atoms with Crippen LogP contribution in [0.5, 0.6) is 0 Å². The number of fused-ring (bicyclic) bond motifs is 7. The molecule has 5 aliphatic carbocycles. The molecule has 5 fully saturated rings. The largest absolute Gasteiger partial charge is 0.468 e. The summed E-state index contributed by atoms with van der Waals surface area (Å²) in [4.78, 5) is 49.6. The molecule has 51 heavy (non-hydrogen) atoms. The van der Waals surface area contributed by atoms with Crippen LogP contribution >= 0.6 is 0 Å². The van der Waals surface area contributed by atoms with Crippen LogP contribution in [0.15, 0.2) is 12.2 Å². The summed E-state index contributed by atoms with van der Waals surface area (Å²) in [6.45, 7) is 21.5. The maximum atomic E-state index is 14.4. The Kier molecular flexibility index (Phi) is 11.8. The molecule has 0 saturated heterocycles. The van der Waals surface area contributed by atoms with Crippen LogP contribution in [0.25, 0.3) is 0 Å². The molecule has 0 bridgehead atoms. The number of amides is 2. The molecule has 288 valence electrons. The van der Waals surface area contributed by atoms with Crippen LogP contribution in [-0.4, -0.2) is 50.1 Å². The van der Waals surface area contributed by atoms with Crippen molar-refractivity contribution in [1.29, 1.82) is 0 Å². The van der Waals surface area contributed by atoms with Gasteiger partial charge in [0, 0.05) is 25.3 Å². The normalized spacial score (nSPS) is 39.3. The Balaban J connectivity index is 1.23.